The zero-order chi connectivity index (χ0) is 26.8. The van der Waals surface area contributed by atoms with Gasteiger partial charge in [0.15, 0.2) is 17.7 Å². The quantitative estimate of drug-likeness (QED) is 0.433. The predicted molar refractivity (Wildman–Crippen MR) is 143 cm³/mol. The monoisotopic (exact) mass is 527 g/mol. The molecule has 2 aliphatic carbocycles. The summed E-state index contributed by atoms with van der Waals surface area (Å²) in [7, 11) is 0. The summed E-state index contributed by atoms with van der Waals surface area (Å²) in [5, 5.41) is 0. The fraction of sp³-hybridized carbons (Fsp3) is 0.938. The Morgan fingerprint density at radius 2 is 1.79 bits per heavy atom. The van der Waals surface area contributed by atoms with Crippen LogP contribution in [0.4, 0.5) is 0 Å². The Hall–Kier alpha value is -0.980. The lowest BCUT2D eigenvalue weighted by Gasteiger charge is -2.64. The molecule has 0 amide bonds. The van der Waals surface area contributed by atoms with Crippen LogP contribution in [0.5, 0.6) is 0 Å². The molecule has 1 spiro atoms. The van der Waals surface area contributed by atoms with Gasteiger partial charge in [0.1, 0.15) is 0 Å². The minimum absolute atomic E-state index is 0.0182. The first kappa shape index (κ1) is 26.0. The zero-order valence-electron chi connectivity index (χ0n) is 24.5. The predicted octanol–water partition coefficient (Wildman–Crippen LogP) is 5.37. The Labute approximate surface area is 228 Å². The molecule has 7 fully saturated rings. The average molecular weight is 528 g/mol. The number of ketones is 1. The Kier molecular flexibility index (Phi) is 5.66. The standard InChI is InChI=1S/C32H49NO5/c1-18(2)22-9-10-23-21-11-15-31-13-7-8-24(31)32(23,27(22)33(31)16-21)19(3)26(37-20(4)34)28(35)29(5)17-36-30(6)14-12-25(29)38-30/h18-19,21-27H,7-17H2,1-6H3. The van der Waals surface area contributed by atoms with E-state index in [1.165, 1.54) is 58.4 Å². The van der Waals surface area contributed by atoms with Crippen LogP contribution in [0.2, 0.25) is 0 Å². The highest BCUT2D eigenvalue weighted by molar-refractivity contribution is 5.91. The van der Waals surface area contributed by atoms with Gasteiger partial charge in [-0.3, -0.25) is 14.5 Å². The maximum atomic E-state index is 14.8. The average Bonchev–Trinajstić information content (AvgIpc) is 3.48. The van der Waals surface area contributed by atoms with E-state index >= 15 is 0 Å². The largest absolute Gasteiger partial charge is 0.454 e. The number of hydrogen-bond acceptors (Lipinski definition) is 6. The van der Waals surface area contributed by atoms with E-state index in [-0.39, 0.29) is 29.2 Å². The molecule has 13 unspecified atom stereocenters. The van der Waals surface area contributed by atoms with E-state index in [0.29, 0.717) is 47.8 Å². The van der Waals surface area contributed by atoms with E-state index in [1.54, 1.807) is 0 Å². The van der Waals surface area contributed by atoms with Crippen molar-refractivity contribution in [3.05, 3.63) is 0 Å². The summed E-state index contributed by atoms with van der Waals surface area (Å²) in [6, 6.07) is 0.491. The Morgan fingerprint density at radius 1 is 1.00 bits per heavy atom. The van der Waals surface area contributed by atoms with Crippen molar-refractivity contribution in [3.63, 3.8) is 0 Å². The molecule has 0 radical (unpaired) electrons. The van der Waals surface area contributed by atoms with Crippen molar-refractivity contribution in [1.29, 1.82) is 0 Å². The number of ether oxygens (including phenoxy) is 3. The molecule has 5 heterocycles. The topological polar surface area (TPSA) is 65.1 Å². The van der Waals surface area contributed by atoms with Gasteiger partial charge in [-0.2, -0.15) is 0 Å². The molecule has 7 rings (SSSR count). The van der Waals surface area contributed by atoms with Crippen LogP contribution in [0.15, 0.2) is 0 Å². The molecule has 212 valence electrons. The van der Waals surface area contributed by atoms with E-state index < -0.39 is 17.3 Å². The maximum absolute atomic E-state index is 14.8. The van der Waals surface area contributed by atoms with Gasteiger partial charge < -0.3 is 14.2 Å². The summed E-state index contributed by atoms with van der Waals surface area (Å²) in [4.78, 5) is 30.4. The van der Waals surface area contributed by atoms with Gasteiger partial charge in [-0.25, -0.2) is 0 Å². The molecule has 0 aromatic carbocycles. The lowest BCUT2D eigenvalue weighted by Crippen LogP contribution is -2.68. The summed E-state index contributed by atoms with van der Waals surface area (Å²) in [5.74, 6) is 2.26. The van der Waals surface area contributed by atoms with E-state index in [9.17, 15) is 9.59 Å². The van der Waals surface area contributed by atoms with Crippen LogP contribution in [0.1, 0.15) is 99.3 Å². The minimum atomic E-state index is -0.799. The number of carbonyl (C=O) groups is 2. The molecule has 6 nitrogen and oxygen atoms in total. The van der Waals surface area contributed by atoms with Crippen LogP contribution in [-0.4, -0.2) is 59.4 Å². The molecule has 0 N–H and O–H groups in total. The van der Waals surface area contributed by atoms with Crippen LogP contribution in [0.3, 0.4) is 0 Å². The third kappa shape index (κ3) is 3.06. The second-order valence-corrected chi connectivity index (χ2v) is 15.2. The van der Waals surface area contributed by atoms with Gasteiger partial charge in [0.05, 0.1) is 18.1 Å². The molecule has 2 saturated carbocycles. The van der Waals surface area contributed by atoms with Crippen LogP contribution in [-0.2, 0) is 23.8 Å². The van der Waals surface area contributed by atoms with Crippen molar-refractivity contribution in [2.24, 2.45) is 46.3 Å². The van der Waals surface area contributed by atoms with Gasteiger partial charge in [-0.15, -0.1) is 0 Å². The molecule has 0 aromatic heterocycles. The van der Waals surface area contributed by atoms with Gasteiger partial charge >= 0.3 is 5.97 Å². The second-order valence-electron chi connectivity index (χ2n) is 15.2. The Morgan fingerprint density at radius 3 is 2.53 bits per heavy atom. The van der Waals surface area contributed by atoms with Crippen molar-refractivity contribution >= 4 is 11.8 Å². The summed E-state index contributed by atoms with van der Waals surface area (Å²) < 4.78 is 18.7. The molecule has 6 heteroatoms. The molecule has 0 aromatic rings. The second kappa shape index (κ2) is 8.28. The smallest absolute Gasteiger partial charge is 0.303 e. The van der Waals surface area contributed by atoms with Crippen LogP contribution >= 0.6 is 0 Å². The van der Waals surface area contributed by atoms with Crippen molar-refractivity contribution < 1.29 is 23.8 Å². The maximum Gasteiger partial charge on any atom is 0.303 e. The van der Waals surface area contributed by atoms with E-state index in [2.05, 4.69) is 25.7 Å². The van der Waals surface area contributed by atoms with Crippen LogP contribution in [0, 0.1) is 46.3 Å². The molecule has 38 heavy (non-hydrogen) atoms. The van der Waals surface area contributed by atoms with Gasteiger partial charge in [-0.1, -0.05) is 27.2 Å². The fourth-order valence-electron chi connectivity index (χ4n) is 12.0. The van der Waals surface area contributed by atoms with Crippen molar-refractivity contribution in [3.8, 4) is 0 Å². The lowest BCUT2D eigenvalue weighted by atomic mass is 9.45. The number of hydrogen-bond donors (Lipinski definition) is 0. The SMILES string of the molecule is CC(=O)OC(C(=O)C1(C)COC2(C)CCC1O2)C(C)C12C3CCC(C(C)C)C1N1CC3CCC13CCCC23. The summed E-state index contributed by atoms with van der Waals surface area (Å²) in [6.45, 7) is 14.2. The highest BCUT2D eigenvalue weighted by Crippen LogP contribution is 2.76. The molecule has 7 aliphatic rings. The molecule has 5 saturated heterocycles. The number of Topliss-reactive ketones (excluding diaryl/α,β-unsaturated/α-hetero) is 1. The van der Waals surface area contributed by atoms with E-state index in [4.69, 9.17) is 14.2 Å². The number of fused-ring (bicyclic) bond motifs is 4. The molecule has 5 aliphatic heterocycles. The highest BCUT2D eigenvalue weighted by Gasteiger charge is 2.78. The van der Waals surface area contributed by atoms with E-state index in [0.717, 1.165) is 12.8 Å². The highest BCUT2D eigenvalue weighted by atomic mass is 16.7. The van der Waals surface area contributed by atoms with Gasteiger partial charge in [0.2, 0.25) is 0 Å². The normalized spacial score (nSPS) is 53.6. The lowest BCUT2D eigenvalue weighted by molar-refractivity contribution is -0.284. The van der Waals surface area contributed by atoms with E-state index in [1.807, 2.05) is 13.8 Å². The van der Waals surface area contributed by atoms with Crippen LogP contribution in [0.25, 0.3) is 0 Å². The molecular weight excluding hydrogens is 478 g/mol. The third-order valence-electron chi connectivity index (χ3n) is 13.4. The first-order valence-corrected chi connectivity index (χ1v) is 15.8. The first-order valence-electron chi connectivity index (χ1n) is 15.8. The number of nitrogens with zero attached hydrogens (tertiary/aromatic N) is 1. The fourth-order valence-corrected chi connectivity index (χ4v) is 12.0. The van der Waals surface area contributed by atoms with Crippen molar-refractivity contribution in [2.75, 3.05) is 13.2 Å². The number of carbonyl (C=O) groups excluding carboxylic acids is 2. The molecular formula is C32H49NO5. The summed E-state index contributed by atoms with van der Waals surface area (Å²) in [5.41, 5.74) is -0.484. The zero-order valence-corrected chi connectivity index (χ0v) is 24.5. The summed E-state index contributed by atoms with van der Waals surface area (Å²) in [6.07, 6.45) is 9.75. The number of rotatable bonds is 6. The minimum Gasteiger partial charge on any atom is -0.454 e. The molecule has 7 bridgehead atoms. The molecule has 13 atom stereocenters. The Bertz CT molecular complexity index is 1030. The first-order chi connectivity index (χ1) is 18.0. The van der Waals surface area contributed by atoms with Gasteiger partial charge in [0.25, 0.3) is 0 Å². The van der Waals surface area contributed by atoms with Crippen molar-refractivity contribution in [1.82, 2.24) is 4.90 Å². The number of piperidine rings is 2. The van der Waals surface area contributed by atoms with Gasteiger partial charge in [0, 0.05) is 42.8 Å². The van der Waals surface area contributed by atoms with Gasteiger partial charge in [-0.05, 0) is 88.4 Å². The third-order valence-corrected chi connectivity index (χ3v) is 13.4. The van der Waals surface area contributed by atoms with Crippen molar-refractivity contribution in [2.45, 2.75) is 129 Å². The van der Waals surface area contributed by atoms with Crippen LogP contribution < -0.4 is 0 Å². The summed E-state index contributed by atoms with van der Waals surface area (Å²) >= 11 is 0. The Balaban J connectivity index is 1.34. The number of esters is 1.